The number of nitrogens with zero attached hydrogens (tertiary/aromatic N) is 2. The zero-order valence-electron chi connectivity index (χ0n) is 11.6. The zero-order valence-corrected chi connectivity index (χ0v) is 11.6. The second-order valence-corrected chi connectivity index (χ2v) is 4.41. The van der Waals surface area contributed by atoms with Crippen LogP contribution in [0, 0.1) is 0 Å². The van der Waals surface area contributed by atoms with Crippen LogP contribution in [-0.2, 0) is 4.79 Å². The van der Waals surface area contributed by atoms with Crippen molar-refractivity contribution in [1.29, 1.82) is 0 Å². The molecule has 0 aliphatic carbocycles. The predicted octanol–water partition coefficient (Wildman–Crippen LogP) is 1.28. The van der Waals surface area contributed by atoms with Crippen LogP contribution in [0.15, 0.2) is 47.3 Å². The molecular formula is C14H13N3O5. The monoisotopic (exact) mass is 303 g/mol. The van der Waals surface area contributed by atoms with Crippen molar-refractivity contribution < 1.29 is 24.0 Å². The number of amides is 3. The standard InChI is InChI=1S/C14H13N3O5/c1-17(12(18)10-7-15-22-8-10)14(21)16-11(13(19)20)9-5-3-2-4-6-9/h2-8,11H,1H3,(H,16,21)(H,19,20). The van der Waals surface area contributed by atoms with Gasteiger partial charge in [0.1, 0.15) is 6.26 Å². The van der Waals surface area contributed by atoms with E-state index >= 15 is 0 Å². The van der Waals surface area contributed by atoms with Crippen LogP contribution >= 0.6 is 0 Å². The lowest BCUT2D eigenvalue weighted by molar-refractivity contribution is -0.139. The van der Waals surface area contributed by atoms with Gasteiger partial charge < -0.3 is 14.9 Å². The van der Waals surface area contributed by atoms with Crippen LogP contribution in [0.25, 0.3) is 0 Å². The molecule has 2 N–H and O–H groups in total. The SMILES string of the molecule is CN(C(=O)NC(C(=O)O)c1ccccc1)C(=O)c1cnoc1. The van der Waals surface area contributed by atoms with Crippen molar-refractivity contribution >= 4 is 17.9 Å². The van der Waals surface area contributed by atoms with Crippen LogP contribution in [0.5, 0.6) is 0 Å². The van der Waals surface area contributed by atoms with Gasteiger partial charge in [-0.1, -0.05) is 35.5 Å². The summed E-state index contributed by atoms with van der Waals surface area (Å²) in [5.41, 5.74) is 0.485. The van der Waals surface area contributed by atoms with Gasteiger partial charge >= 0.3 is 12.0 Å². The number of carboxylic acid groups (broad SMARTS) is 1. The highest BCUT2D eigenvalue weighted by Crippen LogP contribution is 2.13. The van der Waals surface area contributed by atoms with Gasteiger partial charge in [-0.3, -0.25) is 9.69 Å². The number of urea groups is 1. The molecule has 0 bridgehead atoms. The molecule has 0 aliphatic rings. The number of imide groups is 1. The van der Waals surface area contributed by atoms with Gasteiger partial charge in [-0.25, -0.2) is 9.59 Å². The molecule has 1 atom stereocenters. The van der Waals surface area contributed by atoms with Crippen molar-refractivity contribution in [2.24, 2.45) is 0 Å². The second kappa shape index (κ2) is 6.53. The van der Waals surface area contributed by atoms with Crippen LogP contribution in [-0.4, -0.2) is 40.1 Å². The minimum Gasteiger partial charge on any atom is -0.479 e. The van der Waals surface area contributed by atoms with Crippen LogP contribution < -0.4 is 5.32 Å². The Hall–Kier alpha value is -3.16. The first-order chi connectivity index (χ1) is 10.5. The summed E-state index contributed by atoms with van der Waals surface area (Å²) in [6.45, 7) is 0. The van der Waals surface area contributed by atoms with Gasteiger partial charge in [0.25, 0.3) is 5.91 Å². The van der Waals surface area contributed by atoms with E-state index in [1.807, 2.05) is 0 Å². The Morgan fingerprint density at radius 3 is 2.50 bits per heavy atom. The van der Waals surface area contributed by atoms with E-state index in [-0.39, 0.29) is 5.56 Å². The van der Waals surface area contributed by atoms with E-state index in [0.717, 1.165) is 17.4 Å². The lowest BCUT2D eigenvalue weighted by Crippen LogP contribution is -2.44. The van der Waals surface area contributed by atoms with Crippen LogP contribution in [0.3, 0.4) is 0 Å². The van der Waals surface area contributed by atoms with E-state index in [4.69, 9.17) is 0 Å². The number of aliphatic carboxylic acids is 1. The number of hydrogen-bond donors (Lipinski definition) is 2. The molecule has 1 heterocycles. The minimum absolute atomic E-state index is 0.0873. The number of carbonyl (C=O) groups is 3. The zero-order chi connectivity index (χ0) is 16.1. The summed E-state index contributed by atoms with van der Waals surface area (Å²) >= 11 is 0. The third-order valence-corrected chi connectivity index (χ3v) is 2.94. The first kappa shape index (κ1) is 15.2. The molecule has 2 rings (SSSR count). The fourth-order valence-corrected chi connectivity index (χ4v) is 1.75. The Labute approximate surface area is 125 Å². The van der Waals surface area contributed by atoms with Gasteiger partial charge in [-0.05, 0) is 5.56 Å². The van der Waals surface area contributed by atoms with Crippen molar-refractivity contribution in [3.05, 3.63) is 53.9 Å². The topological polar surface area (TPSA) is 113 Å². The Kier molecular flexibility index (Phi) is 4.52. The smallest absolute Gasteiger partial charge is 0.330 e. The van der Waals surface area contributed by atoms with E-state index in [2.05, 4.69) is 15.0 Å². The number of carbonyl (C=O) groups excluding carboxylic acids is 2. The molecule has 1 unspecified atom stereocenters. The van der Waals surface area contributed by atoms with Gasteiger partial charge in [-0.2, -0.15) is 0 Å². The largest absolute Gasteiger partial charge is 0.479 e. The average molecular weight is 303 g/mol. The molecule has 0 spiro atoms. The number of hydrogen-bond acceptors (Lipinski definition) is 5. The molecule has 0 fully saturated rings. The van der Waals surface area contributed by atoms with Crippen molar-refractivity contribution in [3.8, 4) is 0 Å². The van der Waals surface area contributed by atoms with E-state index in [1.54, 1.807) is 30.3 Å². The summed E-state index contributed by atoms with van der Waals surface area (Å²) in [5, 5.41) is 14.9. The third-order valence-electron chi connectivity index (χ3n) is 2.94. The molecule has 1 aromatic heterocycles. The molecule has 22 heavy (non-hydrogen) atoms. The number of carboxylic acids is 1. The average Bonchev–Trinajstić information content (AvgIpc) is 3.05. The van der Waals surface area contributed by atoms with Crippen molar-refractivity contribution in [2.75, 3.05) is 7.05 Å². The molecule has 1 aromatic carbocycles. The fraction of sp³-hybridized carbons (Fsp3) is 0.143. The fourth-order valence-electron chi connectivity index (χ4n) is 1.75. The molecular weight excluding hydrogens is 290 g/mol. The molecule has 0 radical (unpaired) electrons. The van der Waals surface area contributed by atoms with Gasteiger partial charge in [0.2, 0.25) is 0 Å². The van der Waals surface area contributed by atoms with Gasteiger partial charge in [0.05, 0.1) is 11.8 Å². The Balaban J connectivity index is 2.12. The molecule has 8 nitrogen and oxygen atoms in total. The maximum atomic E-state index is 12.0. The molecule has 3 amide bonds. The maximum absolute atomic E-state index is 12.0. The van der Waals surface area contributed by atoms with Crippen LogP contribution in [0.4, 0.5) is 4.79 Å². The summed E-state index contributed by atoms with van der Waals surface area (Å²) < 4.78 is 4.53. The highest BCUT2D eigenvalue weighted by atomic mass is 16.5. The third kappa shape index (κ3) is 3.29. The second-order valence-electron chi connectivity index (χ2n) is 4.41. The molecule has 0 saturated heterocycles. The highest BCUT2D eigenvalue weighted by Gasteiger charge is 2.26. The quantitative estimate of drug-likeness (QED) is 0.879. The number of nitrogens with one attached hydrogen (secondary N) is 1. The maximum Gasteiger partial charge on any atom is 0.330 e. The Morgan fingerprint density at radius 2 is 1.95 bits per heavy atom. The van der Waals surface area contributed by atoms with Crippen LogP contribution in [0.1, 0.15) is 22.0 Å². The van der Waals surface area contributed by atoms with Gasteiger partial charge in [0.15, 0.2) is 6.04 Å². The first-order valence-electron chi connectivity index (χ1n) is 6.26. The summed E-state index contributed by atoms with van der Waals surface area (Å²) in [4.78, 5) is 36.1. The Bertz CT molecular complexity index is 669. The predicted molar refractivity (Wildman–Crippen MR) is 73.9 cm³/mol. The number of aromatic nitrogens is 1. The molecule has 2 aromatic rings. The summed E-state index contributed by atoms with van der Waals surface area (Å²) in [6.07, 6.45) is 2.26. The van der Waals surface area contributed by atoms with Crippen molar-refractivity contribution in [2.45, 2.75) is 6.04 Å². The molecule has 0 aliphatic heterocycles. The van der Waals surface area contributed by atoms with Crippen molar-refractivity contribution in [3.63, 3.8) is 0 Å². The van der Waals surface area contributed by atoms with E-state index in [9.17, 15) is 19.5 Å². The molecule has 114 valence electrons. The van der Waals surface area contributed by atoms with Crippen molar-refractivity contribution in [1.82, 2.24) is 15.4 Å². The lowest BCUT2D eigenvalue weighted by atomic mass is 10.1. The molecule has 8 heteroatoms. The van der Waals surface area contributed by atoms with Gasteiger partial charge in [-0.15, -0.1) is 0 Å². The minimum atomic E-state index is -1.26. The first-order valence-corrected chi connectivity index (χ1v) is 6.26. The summed E-state index contributed by atoms with van der Waals surface area (Å²) in [6, 6.07) is 6.08. The van der Waals surface area contributed by atoms with Crippen LogP contribution in [0.2, 0.25) is 0 Å². The highest BCUT2D eigenvalue weighted by molar-refractivity contribution is 6.04. The van der Waals surface area contributed by atoms with E-state index in [0.29, 0.717) is 5.56 Å². The molecule has 0 saturated carbocycles. The number of benzene rings is 1. The van der Waals surface area contributed by atoms with E-state index in [1.165, 1.54) is 7.05 Å². The number of rotatable bonds is 4. The summed E-state index contributed by atoms with van der Waals surface area (Å²) in [5.74, 6) is -1.89. The Morgan fingerprint density at radius 1 is 1.27 bits per heavy atom. The lowest BCUT2D eigenvalue weighted by Gasteiger charge is -2.19. The van der Waals surface area contributed by atoms with E-state index < -0.39 is 23.9 Å². The summed E-state index contributed by atoms with van der Waals surface area (Å²) in [7, 11) is 1.23. The van der Waals surface area contributed by atoms with Gasteiger partial charge in [0, 0.05) is 7.05 Å². The normalized spacial score (nSPS) is 11.5.